The third-order valence-corrected chi connectivity index (χ3v) is 4.80. The molecule has 0 saturated heterocycles. The van der Waals surface area contributed by atoms with Crippen LogP contribution in [0.5, 0.6) is 0 Å². The molecule has 170 valence electrons. The largest absolute Gasteiger partial charge is 0.419 e. The smallest absolute Gasteiger partial charge is 0.348 e. The van der Waals surface area contributed by atoms with Crippen LogP contribution in [0.25, 0.3) is 0 Å². The van der Waals surface area contributed by atoms with Crippen molar-refractivity contribution in [3.8, 4) is 0 Å². The quantitative estimate of drug-likeness (QED) is 0.132. The Morgan fingerprint density at radius 3 is 2.75 bits per heavy atom. The van der Waals surface area contributed by atoms with Crippen LogP contribution in [-0.4, -0.2) is 49.1 Å². The van der Waals surface area contributed by atoms with Crippen molar-refractivity contribution >= 4 is 29.2 Å². The standard InChI is InChI=1S/C16H14F4N8O3S/c1-28-15(30)24-12(25-28)13(29)22-4-5-32-14-10(26-31-27-14)11(21)23-7-2-3-9(17)8(6-7)16(18,19)20/h2-3,6H,4-5H2,1H3,(H2,21,23)(H,22,29)(H,24,25,30). The van der Waals surface area contributed by atoms with Crippen molar-refractivity contribution < 1.29 is 27.0 Å². The summed E-state index contributed by atoms with van der Waals surface area (Å²) in [6, 6.07) is 2.20. The molecule has 16 heteroatoms. The second-order valence-corrected chi connectivity index (χ2v) is 7.20. The van der Waals surface area contributed by atoms with E-state index in [0.29, 0.717) is 12.1 Å². The summed E-state index contributed by atoms with van der Waals surface area (Å²) in [4.78, 5) is 25.5. The first-order valence-corrected chi connectivity index (χ1v) is 9.64. The van der Waals surface area contributed by atoms with Crippen molar-refractivity contribution in [1.29, 1.82) is 5.41 Å². The van der Waals surface area contributed by atoms with E-state index in [9.17, 15) is 27.2 Å². The normalized spacial score (nSPS) is 11.4. The van der Waals surface area contributed by atoms with E-state index in [1.54, 1.807) is 0 Å². The predicted molar refractivity (Wildman–Crippen MR) is 103 cm³/mol. The number of benzene rings is 1. The lowest BCUT2D eigenvalue weighted by Gasteiger charge is -2.11. The third kappa shape index (κ3) is 5.32. The molecule has 2 aromatic heterocycles. The highest BCUT2D eigenvalue weighted by atomic mass is 32.2. The molecule has 1 amide bonds. The first kappa shape index (κ1) is 23.0. The highest BCUT2D eigenvalue weighted by Crippen LogP contribution is 2.33. The van der Waals surface area contributed by atoms with Gasteiger partial charge >= 0.3 is 11.9 Å². The van der Waals surface area contributed by atoms with Crippen LogP contribution in [0.2, 0.25) is 0 Å². The summed E-state index contributed by atoms with van der Waals surface area (Å²) >= 11 is 1.05. The maximum Gasteiger partial charge on any atom is 0.419 e. The van der Waals surface area contributed by atoms with Crippen molar-refractivity contribution in [2.45, 2.75) is 11.2 Å². The van der Waals surface area contributed by atoms with Gasteiger partial charge in [-0.05, 0) is 28.5 Å². The monoisotopic (exact) mass is 474 g/mol. The van der Waals surface area contributed by atoms with E-state index in [2.05, 4.69) is 35.7 Å². The molecular weight excluding hydrogens is 460 g/mol. The van der Waals surface area contributed by atoms with Gasteiger partial charge in [-0.1, -0.05) is 11.8 Å². The summed E-state index contributed by atoms with van der Waals surface area (Å²) in [5.74, 6) is -2.37. The topological polar surface area (TPSA) is 155 Å². The summed E-state index contributed by atoms with van der Waals surface area (Å²) in [5, 5.41) is 23.9. The van der Waals surface area contributed by atoms with E-state index in [4.69, 9.17) is 5.41 Å². The minimum atomic E-state index is -4.90. The lowest BCUT2D eigenvalue weighted by Crippen LogP contribution is -2.27. The van der Waals surface area contributed by atoms with Crippen LogP contribution in [0, 0.1) is 11.2 Å². The molecule has 0 aliphatic carbocycles. The summed E-state index contributed by atoms with van der Waals surface area (Å²) < 4.78 is 57.5. The maximum absolute atomic E-state index is 13.4. The van der Waals surface area contributed by atoms with Gasteiger partial charge in [-0.3, -0.25) is 15.2 Å². The van der Waals surface area contributed by atoms with Gasteiger partial charge in [0.2, 0.25) is 5.82 Å². The molecule has 0 bridgehead atoms. The molecule has 0 spiro atoms. The molecule has 3 rings (SSSR count). The second-order valence-electron chi connectivity index (χ2n) is 6.12. The Morgan fingerprint density at radius 2 is 2.09 bits per heavy atom. The molecule has 0 saturated carbocycles. The van der Waals surface area contributed by atoms with Gasteiger partial charge in [0.25, 0.3) is 5.91 Å². The molecule has 1 aromatic carbocycles. The number of nitrogens with zero attached hydrogens (tertiary/aromatic N) is 4. The first-order chi connectivity index (χ1) is 15.1. The molecule has 0 aliphatic heterocycles. The number of anilines is 1. The van der Waals surface area contributed by atoms with E-state index >= 15 is 0 Å². The molecule has 0 aliphatic rings. The Morgan fingerprint density at radius 1 is 1.34 bits per heavy atom. The van der Waals surface area contributed by atoms with E-state index in [1.165, 1.54) is 7.05 Å². The van der Waals surface area contributed by atoms with E-state index in [1.807, 2.05) is 0 Å². The fourth-order valence-corrected chi connectivity index (χ4v) is 3.11. The first-order valence-electron chi connectivity index (χ1n) is 8.66. The third-order valence-electron chi connectivity index (χ3n) is 3.85. The van der Waals surface area contributed by atoms with Gasteiger partial charge in [-0.25, -0.2) is 18.5 Å². The Balaban J connectivity index is 1.57. The minimum Gasteiger partial charge on any atom is -0.348 e. The van der Waals surface area contributed by atoms with Gasteiger partial charge in [0.05, 0.1) is 5.56 Å². The number of alkyl halides is 3. The van der Waals surface area contributed by atoms with Gasteiger partial charge < -0.3 is 10.6 Å². The highest BCUT2D eigenvalue weighted by Gasteiger charge is 2.34. The number of nitrogens with one attached hydrogen (secondary N) is 4. The second kappa shape index (κ2) is 9.21. The maximum atomic E-state index is 13.4. The molecule has 0 atom stereocenters. The van der Waals surface area contributed by atoms with E-state index in [0.717, 1.165) is 22.5 Å². The Hall–Kier alpha value is -3.69. The predicted octanol–water partition coefficient (Wildman–Crippen LogP) is 1.61. The van der Waals surface area contributed by atoms with Crippen LogP contribution in [0.15, 0.2) is 32.6 Å². The Kier molecular flexibility index (Phi) is 6.61. The number of hydrogen-bond donors (Lipinski definition) is 4. The number of amidine groups is 1. The van der Waals surface area contributed by atoms with E-state index in [-0.39, 0.29) is 34.5 Å². The average Bonchev–Trinajstić information content (AvgIpc) is 3.32. The number of carbonyl (C=O) groups is 1. The van der Waals surface area contributed by atoms with Crippen LogP contribution in [-0.2, 0) is 13.2 Å². The van der Waals surface area contributed by atoms with Gasteiger partial charge in [-0.15, -0.1) is 5.10 Å². The zero-order chi connectivity index (χ0) is 23.5. The Labute approximate surface area is 180 Å². The number of thioether (sulfide) groups is 1. The molecule has 3 aromatic rings. The van der Waals surface area contributed by atoms with Crippen LogP contribution < -0.4 is 16.3 Å². The van der Waals surface area contributed by atoms with Crippen molar-refractivity contribution in [3.05, 3.63) is 51.6 Å². The van der Waals surface area contributed by atoms with Gasteiger partial charge in [0.1, 0.15) is 5.82 Å². The summed E-state index contributed by atoms with van der Waals surface area (Å²) in [7, 11) is 1.38. The molecule has 11 nitrogen and oxygen atoms in total. The van der Waals surface area contributed by atoms with Gasteiger partial charge in [0.15, 0.2) is 16.6 Å². The van der Waals surface area contributed by atoms with Crippen LogP contribution in [0.4, 0.5) is 23.2 Å². The number of rotatable bonds is 7. The molecule has 4 N–H and O–H groups in total. The molecular formula is C16H14F4N8O3S. The number of hydrogen-bond acceptors (Lipinski definition) is 8. The fraction of sp³-hybridized carbons (Fsp3) is 0.250. The number of aromatic amines is 1. The average molecular weight is 474 g/mol. The van der Waals surface area contributed by atoms with Crippen molar-refractivity contribution in [3.63, 3.8) is 0 Å². The summed E-state index contributed by atoms with van der Waals surface area (Å²) in [6.07, 6.45) is -4.90. The van der Waals surface area contributed by atoms with Crippen molar-refractivity contribution in [1.82, 2.24) is 30.4 Å². The fourth-order valence-electron chi connectivity index (χ4n) is 2.35. The molecule has 0 unspecified atom stereocenters. The number of aryl methyl sites for hydroxylation is 1. The highest BCUT2D eigenvalue weighted by molar-refractivity contribution is 7.99. The zero-order valence-corrected chi connectivity index (χ0v) is 16.9. The SMILES string of the molecule is Cn1nc(C(=O)NCCSc2nonc2C(=N)Nc2ccc(F)c(C(F)(F)F)c2)[nH]c1=O. The van der Waals surface area contributed by atoms with Crippen molar-refractivity contribution in [2.75, 3.05) is 17.6 Å². The van der Waals surface area contributed by atoms with Crippen LogP contribution in [0.1, 0.15) is 21.9 Å². The molecule has 0 fully saturated rings. The summed E-state index contributed by atoms with van der Waals surface area (Å²) in [6.45, 7) is 0.127. The molecule has 2 heterocycles. The summed E-state index contributed by atoms with van der Waals surface area (Å²) in [5.41, 5.74) is -2.29. The van der Waals surface area contributed by atoms with E-state index < -0.39 is 35.0 Å². The zero-order valence-electron chi connectivity index (χ0n) is 16.1. The Bertz CT molecular complexity index is 1200. The van der Waals surface area contributed by atoms with Crippen LogP contribution in [0.3, 0.4) is 0 Å². The van der Waals surface area contributed by atoms with Crippen LogP contribution >= 0.6 is 11.8 Å². The number of carbonyl (C=O) groups excluding carboxylic acids is 1. The van der Waals surface area contributed by atoms with Crippen molar-refractivity contribution in [2.24, 2.45) is 7.05 Å². The lowest BCUT2D eigenvalue weighted by molar-refractivity contribution is -0.139. The molecule has 32 heavy (non-hydrogen) atoms. The van der Waals surface area contributed by atoms with Gasteiger partial charge in [0, 0.05) is 25.0 Å². The lowest BCUT2D eigenvalue weighted by atomic mass is 10.1. The van der Waals surface area contributed by atoms with Gasteiger partial charge in [-0.2, -0.15) is 13.2 Å². The number of halogens is 4. The number of aromatic nitrogens is 5. The number of amides is 1. The molecule has 0 radical (unpaired) electrons. The number of H-pyrrole nitrogens is 1. The minimum absolute atomic E-state index is 0.0896.